The summed E-state index contributed by atoms with van der Waals surface area (Å²) in [4.78, 5) is 11.8. The summed E-state index contributed by atoms with van der Waals surface area (Å²) in [6.45, 7) is 13.7. The summed E-state index contributed by atoms with van der Waals surface area (Å²) in [6.07, 6.45) is 3.24. The second-order valence-electron chi connectivity index (χ2n) is 4.99. The summed E-state index contributed by atoms with van der Waals surface area (Å²) in [7, 11) is 2.11. The first-order chi connectivity index (χ1) is 11.2. The molecule has 2 nitrogen and oxygen atoms in total. The number of aryl methyl sites for hydroxylation is 1. The number of aromatic nitrogens is 1. The van der Waals surface area contributed by atoms with Gasteiger partial charge < -0.3 is 4.57 Å². The molecule has 0 radical (unpaired) electrons. The molecule has 3 rings (SSSR count). The van der Waals surface area contributed by atoms with Crippen molar-refractivity contribution in [2.24, 2.45) is 7.05 Å². The van der Waals surface area contributed by atoms with Crippen LogP contribution in [0, 0.1) is 0 Å². The SMILES string of the molecule is CC.CC.CC.CC(=O)C1CCCc2c1c1ccccc1n2C. The van der Waals surface area contributed by atoms with Crippen LogP contribution in [0.25, 0.3) is 10.9 Å². The highest BCUT2D eigenvalue weighted by atomic mass is 16.1. The van der Waals surface area contributed by atoms with Gasteiger partial charge in [-0.25, -0.2) is 0 Å². The van der Waals surface area contributed by atoms with Gasteiger partial charge in [-0.05, 0) is 37.8 Å². The van der Waals surface area contributed by atoms with E-state index in [4.69, 9.17) is 0 Å². The van der Waals surface area contributed by atoms with Crippen LogP contribution < -0.4 is 0 Å². The molecule has 1 aromatic carbocycles. The maximum atomic E-state index is 11.8. The molecule has 1 heterocycles. The number of para-hydroxylation sites is 1. The molecular weight excluding hydrogens is 282 g/mol. The van der Waals surface area contributed by atoms with E-state index in [1.54, 1.807) is 6.92 Å². The molecular formula is C21H35NO. The molecule has 23 heavy (non-hydrogen) atoms. The first-order valence-corrected chi connectivity index (χ1v) is 9.27. The summed E-state index contributed by atoms with van der Waals surface area (Å²) < 4.78 is 2.26. The van der Waals surface area contributed by atoms with Gasteiger partial charge in [-0.2, -0.15) is 0 Å². The summed E-state index contributed by atoms with van der Waals surface area (Å²) in [5.74, 6) is 0.423. The van der Waals surface area contributed by atoms with E-state index in [-0.39, 0.29) is 5.92 Å². The van der Waals surface area contributed by atoms with Gasteiger partial charge in [0.15, 0.2) is 0 Å². The Labute approximate surface area is 142 Å². The van der Waals surface area contributed by atoms with Crippen LogP contribution in [0.2, 0.25) is 0 Å². The van der Waals surface area contributed by atoms with Crippen LogP contribution in [-0.2, 0) is 18.3 Å². The van der Waals surface area contributed by atoms with E-state index in [9.17, 15) is 4.79 Å². The lowest BCUT2D eigenvalue weighted by atomic mass is 9.83. The highest BCUT2D eigenvalue weighted by molar-refractivity contribution is 5.93. The molecule has 1 aromatic heterocycles. The van der Waals surface area contributed by atoms with Crippen molar-refractivity contribution >= 4 is 16.7 Å². The van der Waals surface area contributed by atoms with Crippen molar-refractivity contribution in [3.8, 4) is 0 Å². The van der Waals surface area contributed by atoms with Crippen LogP contribution in [0.15, 0.2) is 24.3 Å². The third kappa shape index (κ3) is 4.46. The van der Waals surface area contributed by atoms with Crippen LogP contribution in [-0.4, -0.2) is 10.4 Å². The molecule has 1 unspecified atom stereocenters. The number of Topliss-reactive ketones (excluding diaryl/α,β-unsaturated/α-hetero) is 1. The zero-order valence-electron chi connectivity index (χ0n) is 16.4. The minimum absolute atomic E-state index is 0.116. The molecule has 0 aliphatic heterocycles. The minimum Gasteiger partial charge on any atom is -0.347 e. The first kappa shape index (κ1) is 21.4. The predicted molar refractivity (Wildman–Crippen MR) is 103 cm³/mol. The molecule has 1 atom stereocenters. The van der Waals surface area contributed by atoms with E-state index < -0.39 is 0 Å². The monoisotopic (exact) mass is 317 g/mol. The Kier molecular flexibility index (Phi) is 10.3. The van der Waals surface area contributed by atoms with Crippen molar-refractivity contribution in [1.29, 1.82) is 0 Å². The van der Waals surface area contributed by atoms with Gasteiger partial charge in [-0.1, -0.05) is 59.7 Å². The topological polar surface area (TPSA) is 22.0 Å². The van der Waals surface area contributed by atoms with Crippen LogP contribution >= 0.6 is 0 Å². The molecule has 1 aliphatic carbocycles. The predicted octanol–water partition coefficient (Wildman–Crippen LogP) is 6.27. The average Bonchev–Trinajstić information content (AvgIpc) is 2.93. The summed E-state index contributed by atoms with van der Waals surface area (Å²) in [5, 5.41) is 1.27. The largest absolute Gasteiger partial charge is 0.347 e. The van der Waals surface area contributed by atoms with Crippen molar-refractivity contribution in [1.82, 2.24) is 4.57 Å². The van der Waals surface area contributed by atoms with E-state index in [1.807, 2.05) is 41.5 Å². The molecule has 0 N–H and O–H groups in total. The molecule has 0 bridgehead atoms. The van der Waals surface area contributed by atoms with Gasteiger partial charge in [-0.3, -0.25) is 4.79 Å². The molecule has 2 aromatic rings. The summed E-state index contributed by atoms with van der Waals surface area (Å²) in [5.41, 5.74) is 3.91. The molecule has 0 amide bonds. The van der Waals surface area contributed by atoms with Crippen LogP contribution in [0.1, 0.15) is 78.5 Å². The van der Waals surface area contributed by atoms with Crippen LogP contribution in [0.3, 0.4) is 0 Å². The number of carbonyl (C=O) groups excluding carboxylic acids is 1. The lowest BCUT2D eigenvalue weighted by Crippen LogP contribution is -2.16. The number of ketones is 1. The van der Waals surface area contributed by atoms with E-state index in [0.29, 0.717) is 5.78 Å². The van der Waals surface area contributed by atoms with Crippen molar-refractivity contribution in [3.63, 3.8) is 0 Å². The molecule has 0 spiro atoms. The molecule has 2 heteroatoms. The molecule has 1 aliphatic rings. The Morgan fingerprint density at radius 3 is 2.17 bits per heavy atom. The minimum atomic E-state index is 0.116. The zero-order chi connectivity index (χ0) is 18.0. The molecule has 0 saturated carbocycles. The van der Waals surface area contributed by atoms with Crippen molar-refractivity contribution in [2.45, 2.75) is 73.6 Å². The van der Waals surface area contributed by atoms with E-state index >= 15 is 0 Å². The van der Waals surface area contributed by atoms with E-state index in [0.717, 1.165) is 19.3 Å². The maximum Gasteiger partial charge on any atom is 0.137 e. The number of nitrogens with zero attached hydrogens (tertiary/aromatic N) is 1. The van der Waals surface area contributed by atoms with Gasteiger partial charge in [0, 0.05) is 29.6 Å². The third-order valence-electron chi connectivity index (χ3n) is 4.02. The fourth-order valence-corrected chi connectivity index (χ4v) is 3.19. The lowest BCUT2D eigenvalue weighted by molar-refractivity contribution is -0.118. The Morgan fingerprint density at radius 2 is 1.61 bits per heavy atom. The fraction of sp³-hybridized carbons (Fsp3) is 0.571. The van der Waals surface area contributed by atoms with Gasteiger partial charge in [-0.15, -0.1) is 0 Å². The van der Waals surface area contributed by atoms with E-state index in [2.05, 4.69) is 35.9 Å². The van der Waals surface area contributed by atoms with Crippen molar-refractivity contribution < 1.29 is 4.79 Å². The Balaban J connectivity index is 0.000000728. The molecule has 130 valence electrons. The number of hydrogen-bond donors (Lipinski definition) is 0. The average molecular weight is 318 g/mol. The summed E-state index contributed by atoms with van der Waals surface area (Å²) >= 11 is 0. The Hall–Kier alpha value is -1.57. The highest BCUT2D eigenvalue weighted by Crippen LogP contribution is 2.38. The van der Waals surface area contributed by atoms with Gasteiger partial charge in [0.2, 0.25) is 0 Å². The van der Waals surface area contributed by atoms with Gasteiger partial charge in [0.25, 0.3) is 0 Å². The standard InChI is InChI=1S/C15H17NO.3C2H6/c1-10(17)11-7-5-9-14-15(11)12-6-3-4-8-13(12)16(14)2;3*1-2/h3-4,6,8,11H,5,7,9H2,1-2H3;3*1-2H3. The number of hydrogen-bond acceptors (Lipinski definition) is 1. The number of carbonyl (C=O) groups is 1. The number of benzene rings is 1. The second kappa shape index (κ2) is 11.0. The Morgan fingerprint density at radius 1 is 1.04 bits per heavy atom. The van der Waals surface area contributed by atoms with Crippen LogP contribution in [0.5, 0.6) is 0 Å². The summed E-state index contributed by atoms with van der Waals surface area (Å²) in [6, 6.07) is 8.42. The van der Waals surface area contributed by atoms with Crippen LogP contribution in [0.4, 0.5) is 0 Å². The smallest absolute Gasteiger partial charge is 0.137 e. The molecule has 0 fully saturated rings. The normalized spacial score (nSPS) is 15.0. The first-order valence-electron chi connectivity index (χ1n) is 9.27. The highest BCUT2D eigenvalue weighted by Gasteiger charge is 2.28. The zero-order valence-corrected chi connectivity index (χ0v) is 16.4. The lowest BCUT2D eigenvalue weighted by Gasteiger charge is -2.21. The van der Waals surface area contributed by atoms with Gasteiger partial charge in [0.1, 0.15) is 5.78 Å². The third-order valence-corrected chi connectivity index (χ3v) is 4.02. The Bertz CT molecular complexity index is 595. The quantitative estimate of drug-likeness (QED) is 0.608. The van der Waals surface area contributed by atoms with Gasteiger partial charge >= 0.3 is 0 Å². The van der Waals surface area contributed by atoms with Crippen molar-refractivity contribution in [3.05, 3.63) is 35.5 Å². The van der Waals surface area contributed by atoms with Gasteiger partial charge in [0.05, 0.1) is 0 Å². The number of fused-ring (bicyclic) bond motifs is 3. The fourth-order valence-electron chi connectivity index (χ4n) is 3.19. The van der Waals surface area contributed by atoms with E-state index in [1.165, 1.54) is 22.2 Å². The van der Waals surface area contributed by atoms with Crippen molar-refractivity contribution in [2.75, 3.05) is 0 Å². The maximum absolute atomic E-state index is 11.8. The second-order valence-corrected chi connectivity index (χ2v) is 4.99. The number of rotatable bonds is 1. The molecule has 0 saturated heterocycles.